The van der Waals surface area contributed by atoms with E-state index in [4.69, 9.17) is 4.52 Å². The second kappa shape index (κ2) is 9.62. The molecule has 0 fully saturated rings. The lowest BCUT2D eigenvalue weighted by Crippen LogP contribution is -2.03. The summed E-state index contributed by atoms with van der Waals surface area (Å²) < 4.78 is 18.8. The van der Waals surface area contributed by atoms with Crippen molar-refractivity contribution in [3.05, 3.63) is 34.4 Å². The van der Waals surface area contributed by atoms with Crippen LogP contribution in [0.3, 0.4) is 0 Å². The summed E-state index contributed by atoms with van der Waals surface area (Å²) in [5.41, 5.74) is 0.0131. The number of rotatable bonds is 11. The molecule has 0 spiro atoms. The molecule has 0 amide bonds. The number of nitro benzene ring substituents is 1. The van der Waals surface area contributed by atoms with Gasteiger partial charge in [-0.15, -0.1) is 0 Å². The van der Waals surface area contributed by atoms with Gasteiger partial charge in [0.25, 0.3) is 5.69 Å². The van der Waals surface area contributed by atoms with E-state index in [1.165, 1.54) is 24.3 Å². The predicted molar refractivity (Wildman–Crippen MR) is 90.1 cm³/mol. The van der Waals surface area contributed by atoms with Gasteiger partial charge in [-0.2, -0.15) is 0 Å². The summed E-state index contributed by atoms with van der Waals surface area (Å²) in [6.45, 7) is 4.22. The maximum absolute atomic E-state index is 13.0. The van der Waals surface area contributed by atoms with Gasteiger partial charge in [0, 0.05) is 24.5 Å². The molecule has 0 aliphatic heterocycles. The Hall–Kier alpha value is -1.35. The SMILES string of the molecule is CCCCCP(=O)(CCCCC)Oc1ccc([N+](=O)[O-])cc1. The molecule has 1 rings (SSSR count). The van der Waals surface area contributed by atoms with Gasteiger partial charge in [-0.1, -0.05) is 39.5 Å². The third kappa shape index (κ3) is 6.61. The minimum Gasteiger partial charge on any atom is -0.443 e. The number of non-ortho nitro benzene ring substituents is 1. The molecule has 0 radical (unpaired) electrons. The fraction of sp³-hybridized carbons (Fsp3) is 0.625. The van der Waals surface area contributed by atoms with Gasteiger partial charge in [0.1, 0.15) is 5.75 Å². The molecule has 0 saturated heterocycles. The lowest BCUT2D eigenvalue weighted by atomic mass is 10.3. The fourth-order valence-electron chi connectivity index (χ4n) is 2.23. The van der Waals surface area contributed by atoms with Gasteiger partial charge in [-0.3, -0.25) is 14.7 Å². The lowest BCUT2D eigenvalue weighted by molar-refractivity contribution is -0.384. The molecule has 0 aliphatic rings. The van der Waals surface area contributed by atoms with Gasteiger partial charge in [-0.05, 0) is 25.0 Å². The first-order valence-corrected chi connectivity index (χ1v) is 10.0. The van der Waals surface area contributed by atoms with Gasteiger partial charge < -0.3 is 4.52 Å². The molecule has 0 atom stereocenters. The summed E-state index contributed by atoms with van der Waals surface area (Å²) in [4.78, 5) is 10.2. The Morgan fingerprint density at radius 1 is 1.00 bits per heavy atom. The van der Waals surface area contributed by atoms with E-state index in [0.29, 0.717) is 18.1 Å². The Labute approximate surface area is 132 Å². The standard InChI is InChI=1S/C16H26NO4P/c1-3-5-7-13-22(20,14-8-6-4-2)21-16-11-9-15(10-12-16)17(18)19/h9-12H,3-8,13-14H2,1-2H3. The molecule has 0 heterocycles. The summed E-state index contributed by atoms with van der Waals surface area (Å²) in [5, 5.41) is 10.7. The van der Waals surface area contributed by atoms with Crippen LogP contribution in [0.15, 0.2) is 24.3 Å². The molecule has 1 aromatic rings. The number of nitrogens with zero attached hydrogens (tertiary/aromatic N) is 1. The zero-order chi connectivity index (χ0) is 16.4. The molecule has 6 heteroatoms. The van der Waals surface area contributed by atoms with E-state index >= 15 is 0 Å². The van der Waals surface area contributed by atoms with Gasteiger partial charge >= 0.3 is 0 Å². The van der Waals surface area contributed by atoms with Crippen molar-refractivity contribution in [3.63, 3.8) is 0 Å². The van der Waals surface area contributed by atoms with Crippen LogP contribution in [0.1, 0.15) is 52.4 Å². The van der Waals surface area contributed by atoms with Crippen molar-refractivity contribution in [2.45, 2.75) is 52.4 Å². The zero-order valence-electron chi connectivity index (χ0n) is 13.5. The van der Waals surface area contributed by atoms with Crippen LogP contribution in [0.4, 0.5) is 5.69 Å². The Bertz CT molecular complexity index is 487. The number of hydrogen-bond acceptors (Lipinski definition) is 4. The highest BCUT2D eigenvalue weighted by Crippen LogP contribution is 2.49. The molecule has 0 saturated carbocycles. The first-order chi connectivity index (χ1) is 10.5. The Morgan fingerprint density at radius 2 is 1.50 bits per heavy atom. The first-order valence-electron chi connectivity index (χ1n) is 8.03. The van der Waals surface area contributed by atoms with E-state index in [0.717, 1.165) is 38.5 Å². The maximum Gasteiger partial charge on any atom is 0.269 e. The number of nitro groups is 1. The molecule has 0 aromatic heterocycles. The van der Waals surface area contributed by atoms with Crippen LogP contribution >= 0.6 is 7.37 Å². The van der Waals surface area contributed by atoms with E-state index in [1.807, 2.05) is 0 Å². The zero-order valence-corrected chi connectivity index (χ0v) is 14.4. The Balaban J connectivity index is 2.73. The van der Waals surface area contributed by atoms with Gasteiger partial charge in [0.05, 0.1) is 4.92 Å². The molecular weight excluding hydrogens is 301 g/mol. The van der Waals surface area contributed by atoms with Gasteiger partial charge in [0.15, 0.2) is 0 Å². The second-order valence-corrected chi connectivity index (χ2v) is 8.22. The summed E-state index contributed by atoms with van der Waals surface area (Å²) in [5.74, 6) is 0.460. The molecule has 124 valence electrons. The number of hydrogen-bond donors (Lipinski definition) is 0. The van der Waals surface area contributed by atoms with E-state index in [2.05, 4.69) is 13.8 Å². The van der Waals surface area contributed by atoms with Gasteiger partial charge in [0.2, 0.25) is 7.37 Å². The second-order valence-electron chi connectivity index (χ2n) is 5.52. The maximum atomic E-state index is 13.0. The summed E-state index contributed by atoms with van der Waals surface area (Å²) in [7, 11) is -2.71. The average Bonchev–Trinajstić information content (AvgIpc) is 2.48. The van der Waals surface area contributed by atoms with Crippen molar-refractivity contribution in [1.82, 2.24) is 0 Å². The molecular formula is C16H26NO4P. The quantitative estimate of drug-likeness (QED) is 0.228. The van der Waals surface area contributed by atoms with Crippen LogP contribution in [0, 0.1) is 10.1 Å². The highest BCUT2D eigenvalue weighted by Gasteiger charge is 2.23. The van der Waals surface area contributed by atoms with Crippen LogP contribution in [0.5, 0.6) is 5.75 Å². The molecule has 0 aliphatic carbocycles. The Kier molecular flexibility index (Phi) is 8.18. The average molecular weight is 327 g/mol. The predicted octanol–water partition coefficient (Wildman–Crippen LogP) is 5.63. The van der Waals surface area contributed by atoms with Crippen LogP contribution in [-0.4, -0.2) is 17.2 Å². The van der Waals surface area contributed by atoms with Crippen molar-refractivity contribution < 1.29 is 14.0 Å². The van der Waals surface area contributed by atoms with Crippen LogP contribution < -0.4 is 4.52 Å². The largest absolute Gasteiger partial charge is 0.443 e. The number of benzene rings is 1. The molecule has 1 aromatic carbocycles. The molecule has 0 bridgehead atoms. The van der Waals surface area contributed by atoms with E-state index in [9.17, 15) is 14.7 Å². The van der Waals surface area contributed by atoms with E-state index in [-0.39, 0.29) is 5.69 Å². The van der Waals surface area contributed by atoms with E-state index < -0.39 is 12.3 Å². The molecule has 0 N–H and O–H groups in total. The summed E-state index contributed by atoms with van der Waals surface area (Å²) >= 11 is 0. The molecule has 5 nitrogen and oxygen atoms in total. The normalized spacial score (nSPS) is 11.4. The fourth-order valence-corrected chi connectivity index (χ4v) is 4.55. The molecule has 0 unspecified atom stereocenters. The van der Waals surface area contributed by atoms with Crippen molar-refractivity contribution in [1.29, 1.82) is 0 Å². The van der Waals surface area contributed by atoms with Crippen LogP contribution in [0.25, 0.3) is 0 Å². The first kappa shape index (κ1) is 18.7. The minimum atomic E-state index is -2.71. The minimum absolute atomic E-state index is 0.0131. The third-order valence-corrected chi connectivity index (χ3v) is 6.06. The topological polar surface area (TPSA) is 69.4 Å². The van der Waals surface area contributed by atoms with Crippen LogP contribution in [0.2, 0.25) is 0 Å². The number of unbranched alkanes of at least 4 members (excludes halogenated alkanes) is 4. The van der Waals surface area contributed by atoms with Crippen molar-refractivity contribution in [3.8, 4) is 5.75 Å². The van der Waals surface area contributed by atoms with Gasteiger partial charge in [-0.25, -0.2) is 0 Å². The monoisotopic (exact) mass is 327 g/mol. The van der Waals surface area contributed by atoms with E-state index in [1.54, 1.807) is 0 Å². The summed E-state index contributed by atoms with van der Waals surface area (Å²) in [6, 6.07) is 5.84. The van der Waals surface area contributed by atoms with Crippen molar-refractivity contribution in [2.24, 2.45) is 0 Å². The highest BCUT2D eigenvalue weighted by molar-refractivity contribution is 7.59. The summed E-state index contributed by atoms with van der Waals surface area (Å²) in [6.07, 6.45) is 7.20. The van der Waals surface area contributed by atoms with Crippen LogP contribution in [-0.2, 0) is 4.57 Å². The highest BCUT2D eigenvalue weighted by atomic mass is 31.2. The third-order valence-electron chi connectivity index (χ3n) is 3.52. The van der Waals surface area contributed by atoms with Crippen molar-refractivity contribution in [2.75, 3.05) is 12.3 Å². The molecule has 22 heavy (non-hydrogen) atoms. The Morgan fingerprint density at radius 3 is 1.91 bits per heavy atom. The smallest absolute Gasteiger partial charge is 0.269 e. The van der Waals surface area contributed by atoms with Crippen molar-refractivity contribution >= 4 is 13.1 Å². The lowest BCUT2D eigenvalue weighted by Gasteiger charge is -2.19.